The highest BCUT2D eigenvalue weighted by atomic mass is 35.5. The lowest BCUT2D eigenvalue weighted by molar-refractivity contribution is -0.387. The lowest BCUT2D eigenvalue weighted by Gasteiger charge is -2.06. The van der Waals surface area contributed by atoms with Gasteiger partial charge in [0.25, 0.3) is 15.7 Å². The number of thiazole rings is 1. The summed E-state index contributed by atoms with van der Waals surface area (Å²) in [6.07, 6.45) is 0. The molecule has 7 nitrogen and oxygen atoms in total. The Labute approximate surface area is 156 Å². The van der Waals surface area contributed by atoms with Gasteiger partial charge in [-0.25, -0.2) is 17.8 Å². The topological polar surface area (TPSA) is 102 Å². The van der Waals surface area contributed by atoms with Gasteiger partial charge in [0.1, 0.15) is 5.82 Å². The van der Waals surface area contributed by atoms with E-state index in [1.54, 1.807) is 5.38 Å². The van der Waals surface area contributed by atoms with E-state index in [2.05, 4.69) is 9.71 Å². The molecule has 0 aliphatic carbocycles. The minimum absolute atomic E-state index is 0.0218. The molecule has 0 saturated heterocycles. The van der Waals surface area contributed by atoms with Gasteiger partial charge in [-0.15, -0.1) is 11.3 Å². The smallest absolute Gasteiger partial charge is 0.258 e. The number of halogens is 2. The van der Waals surface area contributed by atoms with Crippen LogP contribution in [0.4, 0.5) is 15.2 Å². The third-order valence-electron chi connectivity index (χ3n) is 3.27. The Hall–Kier alpha value is -2.56. The molecule has 0 aliphatic heterocycles. The fraction of sp³-hybridized carbons (Fsp3) is 0. The molecule has 2 aromatic carbocycles. The maximum Gasteiger partial charge on any atom is 0.291 e. The number of hydrogen-bond donors (Lipinski definition) is 1. The molecular weight excluding hydrogens is 405 g/mol. The van der Waals surface area contributed by atoms with Crippen LogP contribution in [0, 0.1) is 15.9 Å². The second-order valence-electron chi connectivity index (χ2n) is 5.02. The van der Waals surface area contributed by atoms with E-state index >= 15 is 0 Å². The number of nitro benzene ring substituents is 1. The number of anilines is 1. The van der Waals surface area contributed by atoms with Gasteiger partial charge in [-0.3, -0.25) is 14.8 Å². The van der Waals surface area contributed by atoms with E-state index in [0.717, 1.165) is 23.5 Å². The van der Waals surface area contributed by atoms with E-state index in [-0.39, 0.29) is 10.2 Å². The highest BCUT2D eigenvalue weighted by molar-refractivity contribution is 7.93. The van der Waals surface area contributed by atoms with Crippen molar-refractivity contribution in [3.8, 4) is 11.3 Å². The first kappa shape index (κ1) is 18.2. The summed E-state index contributed by atoms with van der Waals surface area (Å²) in [6, 6.07) is 8.79. The van der Waals surface area contributed by atoms with Gasteiger partial charge in [0.2, 0.25) is 0 Å². The zero-order valence-electron chi connectivity index (χ0n) is 12.7. The fourth-order valence-electron chi connectivity index (χ4n) is 2.10. The van der Waals surface area contributed by atoms with Gasteiger partial charge in [-0.1, -0.05) is 11.6 Å². The van der Waals surface area contributed by atoms with Crippen molar-refractivity contribution in [1.29, 1.82) is 0 Å². The summed E-state index contributed by atoms with van der Waals surface area (Å²) >= 11 is 6.69. The lowest BCUT2D eigenvalue weighted by Crippen LogP contribution is -2.14. The molecule has 134 valence electrons. The Bertz CT molecular complexity index is 1080. The minimum atomic E-state index is -4.24. The zero-order valence-corrected chi connectivity index (χ0v) is 15.1. The molecule has 0 spiro atoms. The van der Waals surface area contributed by atoms with Crippen LogP contribution in [0.15, 0.2) is 52.7 Å². The first-order valence-electron chi connectivity index (χ1n) is 6.94. The van der Waals surface area contributed by atoms with Crippen molar-refractivity contribution in [3.05, 3.63) is 68.8 Å². The van der Waals surface area contributed by atoms with Gasteiger partial charge in [0, 0.05) is 22.0 Å². The summed E-state index contributed by atoms with van der Waals surface area (Å²) in [5.74, 6) is -0.403. The van der Waals surface area contributed by atoms with E-state index < -0.39 is 31.3 Å². The van der Waals surface area contributed by atoms with Crippen LogP contribution in [-0.4, -0.2) is 18.3 Å². The van der Waals surface area contributed by atoms with Crippen LogP contribution in [0.5, 0.6) is 0 Å². The predicted molar refractivity (Wildman–Crippen MR) is 96.4 cm³/mol. The second kappa shape index (κ2) is 6.98. The lowest BCUT2D eigenvalue weighted by atomic mass is 10.2. The summed E-state index contributed by atoms with van der Waals surface area (Å²) in [4.78, 5) is 13.9. The molecule has 1 heterocycles. The van der Waals surface area contributed by atoms with Crippen LogP contribution in [0.3, 0.4) is 0 Å². The molecule has 0 radical (unpaired) electrons. The number of sulfonamides is 1. The first-order valence-corrected chi connectivity index (χ1v) is 9.68. The largest absolute Gasteiger partial charge is 0.291 e. The molecule has 0 amide bonds. The van der Waals surface area contributed by atoms with Crippen molar-refractivity contribution in [1.82, 2.24) is 4.98 Å². The van der Waals surface area contributed by atoms with Gasteiger partial charge in [0.05, 0.1) is 10.6 Å². The molecule has 3 aromatic rings. The maximum absolute atomic E-state index is 13.0. The molecular formula is C15H9ClFN3O4S2. The van der Waals surface area contributed by atoms with Gasteiger partial charge in [0.15, 0.2) is 10.0 Å². The third kappa shape index (κ3) is 3.82. The van der Waals surface area contributed by atoms with Gasteiger partial charge in [-0.2, -0.15) is 0 Å². The molecule has 0 fully saturated rings. The van der Waals surface area contributed by atoms with Crippen LogP contribution in [0.2, 0.25) is 5.02 Å². The number of nitro groups is 1. The molecule has 0 aliphatic rings. The van der Waals surface area contributed by atoms with Crippen LogP contribution >= 0.6 is 22.9 Å². The van der Waals surface area contributed by atoms with Crippen molar-refractivity contribution < 1.29 is 17.7 Å². The number of nitrogens with one attached hydrogen (secondary N) is 1. The number of nitrogens with zero attached hydrogens (tertiary/aromatic N) is 2. The summed E-state index contributed by atoms with van der Waals surface area (Å²) in [7, 11) is -4.24. The summed E-state index contributed by atoms with van der Waals surface area (Å²) in [6.45, 7) is 0. The van der Waals surface area contributed by atoms with E-state index in [9.17, 15) is 22.9 Å². The Kier molecular flexibility index (Phi) is 4.90. The second-order valence-corrected chi connectivity index (χ2v) is 7.96. The molecule has 1 N–H and O–H groups in total. The van der Waals surface area contributed by atoms with Crippen LogP contribution < -0.4 is 4.72 Å². The summed E-state index contributed by atoms with van der Waals surface area (Å²) in [5.41, 5.74) is 0.407. The van der Waals surface area contributed by atoms with E-state index in [1.807, 2.05) is 0 Å². The molecule has 11 heteroatoms. The zero-order chi connectivity index (χ0) is 18.9. The normalized spacial score (nSPS) is 11.3. The Morgan fingerprint density at radius 1 is 1.19 bits per heavy atom. The predicted octanol–water partition coefficient (Wildman–Crippen LogP) is 4.31. The molecule has 1 aromatic heterocycles. The van der Waals surface area contributed by atoms with Crippen molar-refractivity contribution in [2.75, 3.05) is 4.72 Å². The third-order valence-corrected chi connectivity index (χ3v) is 5.78. The fourth-order valence-corrected chi connectivity index (χ4v) is 4.40. The van der Waals surface area contributed by atoms with E-state index in [4.69, 9.17) is 11.6 Å². The van der Waals surface area contributed by atoms with E-state index in [0.29, 0.717) is 11.3 Å². The SMILES string of the molecule is O=[N+]([O-])c1cc(Cl)ccc1S(=O)(=O)Nc1nc(-c2ccc(F)cc2)cs1. The standard InChI is InChI=1S/C15H9ClFN3O4S2/c16-10-3-6-14(13(7-10)20(21)22)26(23,24)19-15-18-12(8-25-15)9-1-4-11(17)5-2-9/h1-8H,(H,18,19). The number of rotatable bonds is 5. The molecule has 0 saturated carbocycles. The highest BCUT2D eigenvalue weighted by Crippen LogP contribution is 2.31. The highest BCUT2D eigenvalue weighted by Gasteiger charge is 2.27. The summed E-state index contributed by atoms with van der Waals surface area (Å²) < 4.78 is 40.2. The molecule has 26 heavy (non-hydrogen) atoms. The van der Waals surface area contributed by atoms with Gasteiger partial charge < -0.3 is 0 Å². The van der Waals surface area contributed by atoms with Crippen LogP contribution in [0.25, 0.3) is 11.3 Å². The Morgan fingerprint density at radius 3 is 2.54 bits per heavy atom. The average Bonchev–Trinajstić information content (AvgIpc) is 3.02. The molecule has 0 bridgehead atoms. The monoisotopic (exact) mass is 413 g/mol. The molecule has 0 atom stereocenters. The van der Waals surface area contributed by atoms with Crippen LogP contribution in [0.1, 0.15) is 0 Å². The van der Waals surface area contributed by atoms with Gasteiger partial charge in [-0.05, 0) is 36.4 Å². The minimum Gasteiger partial charge on any atom is -0.258 e. The van der Waals surface area contributed by atoms with Crippen molar-refractivity contribution in [2.24, 2.45) is 0 Å². The van der Waals surface area contributed by atoms with Crippen molar-refractivity contribution in [2.45, 2.75) is 4.90 Å². The van der Waals surface area contributed by atoms with Crippen molar-refractivity contribution >= 4 is 43.8 Å². The number of benzene rings is 2. The molecule has 3 rings (SSSR count). The van der Waals surface area contributed by atoms with Crippen LogP contribution in [-0.2, 0) is 10.0 Å². The quantitative estimate of drug-likeness (QED) is 0.496. The van der Waals surface area contributed by atoms with Crippen molar-refractivity contribution in [3.63, 3.8) is 0 Å². The molecule has 0 unspecified atom stereocenters. The van der Waals surface area contributed by atoms with Gasteiger partial charge >= 0.3 is 0 Å². The summed E-state index contributed by atoms with van der Waals surface area (Å²) in [5, 5.41) is 12.8. The first-order chi connectivity index (χ1) is 12.3. The Balaban J connectivity index is 1.92. The number of hydrogen-bond acceptors (Lipinski definition) is 6. The maximum atomic E-state index is 13.0. The Morgan fingerprint density at radius 2 is 1.88 bits per heavy atom. The average molecular weight is 414 g/mol. The van der Waals surface area contributed by atoms with E-state index in [1.165, 1.54) is 30.3 Å². The number of aromatic nitrogens is 1.